The molecule has 2 aromatic carbocycles. The van der Waals surface area contributed by atoms with Gasteiger partial charge in [0.2, 0.25) is 0 Å². The van der Waals surface area contributed by atoms with Crippen molar-refractivity contribution in [3.05, 3.63) is 71.4 Å². The number of esters is 2. The lowest BCUT2D eigenvalue weighted by Crippen LogP contribution is -2.32. The third-order valence-electron chi connectivity index (χ3n) is 6.20. The van der Waals surface area contributed by atoms with Crippen LogP contribution in [0, 0.1) is 5.92 Å². The molecular weight excluding hydrogens is 418 g/mol. The molecule has 0 saturated carbocycles. The minimum atomic E-state index is -0.652. The monoisotopic (exact) mass is 447 g/mol. The number of nitrogens with zero attached hydrogens (tertiary/aromatic N) is 3. The molecule has 1 fully saturated rings. The van der Waals surface area contributed by atoms with Crippen LogP contribution in [0.5, 0.6) is 0 Å². The largest absolute Gasteiger partial charge is 0.465 e. The molecule has 0 spiro atoms. The Kier molecular flexibility index (Phi) is 6.89. The van der Waals surface area contributed by atoms with E-state index in [1.807, 2.05) is 54.6 Å². The van der Waals surface area contributed by atoms with Crippen LogP contribution in [0.25, 0.3) is 16.9 Å². The Morgan fingerprint density at radius 1 is 0.939 bits per heavy atom. The predicted octanol–water partition coefficient (Wildman–Crippen LogP) is 4.34. The lowest BCUT2D eigenvalue weighted by atomic mass is 9.96. The summed E-state index contributed by atoms with van der Waals surface area (Å²) < 4.78 is 11.6. The van der Waals surface area contributed by atoms with E-state index in [1.165, 1.54) is 31.7 Å². The van der Waals surface area contributed by atoms with E-state index >= 15 is 0 Å². The van der Waals surface area contributed by atoms with Gasteiger partial charge in [-0.2, -0.15) is 5.10 Å². The number of carbonyl (C=O) groups excluding carboxylic acids is 2. The summed E-state index contributed by atoms with van der Waals surface area (Å²) in [5.74, 6) is -0.540. The van der Waals surface area contributed by atoms with Gasteiger partial charge in [-0.15, -0.1) is 0 Å². The highest BCUT2D eigenvalue weighted by molar-refractivity contribution is 6.07. The first-order chi connectivity index (χ1) is 16.0. The quantitative estimate of drug-likeness (QED) is 0.523. The highest BCUT2D eigenvalue weighted by Crippen LogP contribution is 2.32. The van der Waals surface area contributed by atoms with Crippen molar-refractivity contribution in [2.75, 3.05) is 27.3 Å². The number of piperidine rings is 1. The van der Waals surface area contributed by atoms with Crippen LogP contribution >= 0.6 is 0 Å². The number of rotatable bonds is 6. The van der Waals surface area contributed by atoms with Crippen molar-refractivity contribution in [1.82, 2.24) is 14.7 Å². The van der Waals surface area contributed by atoms with Crippen LogP contribution in [0.1, 0.15) is 46.2 Å². The van der Waals surface area contributed by atoms with Gasteiger partial charge in [0.05, 0.1) is 19.9 Å². The topological polar surface area (TPSA) is 73.7 Å². The summed E-state index contributed by atoms with van der Waals surface area (Å²) in [5.41, 5.74) is 3.06. The molecule has 1 saturated heterocycles. The van der Waals surface area contributed by atoms with E-state index in [-0.39, 0.29) is 11.3 Å². The third-order valence-corrected chi connectivity index (χ3v) is 6.20. The zero-order valence-electron chi connectivity index (χ0n) is 19.3. The molecule has 0 unspecified atom stereocenters. The van der Waals surface area contributed by atoms with E-state index in [2.05, 4.69) is 11.8 Å². The van der Waals surface area contributed by atoms with Crippen molar-refractivity contribution in [2.45, 2.75) is 26.3 Å². The number of methoxy groups -OCH3 is 2. The summed E-state index contributed by atoms with van der Waals surface area (Å²) in [4.78, 5) is 28.2. The second kappa shape index (κ2) is 10.0. The molecule has 0 N–H and O–H groups in total. The van der Waals surface area contributed by atoms with Gasteiger partial charge in [-0.25, -0.2) is 14.3 Å². The standard InChI is InChI=1S/C26H29N3O4/c1-18-13-15-28(16-14-18)17-19-9-7-8-12-21(19)23-22(25(30)32-2)24(26(31)33-3)29(27-23)20-10-5-4-6-11-20/h4-12,18H,13-17H2,1-3H3. The van der Waals surface area contributed by atoms with Gasteiger partial charge in [-0.3, -0.25) is 4.90 Å². The van der Waals surface area contributed by atoms with Crippen LogP contribution in [0.2, 0.25) is 0 Å². The second-order valence-electron chi connectivity index (χ2n) is 8.42. The van der Waals surface area contributed by atoms with Gasteiger partial charge in [-0.05, 0) is 49.5 Å². The number of hydrogen-bond donors (Lipinski definition) is 0. The highest BCUT2D eigenvalue weighted by Gasteiger charge is 2.32. The minimum absolute atomic E-state index is 0.0483. The maximum absolute atomic E-state index is 12.9. The van der Waals surface area contributed by atoms with Gasteiger partial charge < -0.3 is 9.47 Å². The molecule has 0 amide bonds. The highest BCUT2D eigenvalue weighted by atomic mass is 16.5. The van der Waals surface area contributed by atoms with Gasteiger partial charge in [-0.1, -0.05) is 49.4 Å². The van der Waals surface area contributed by atoms with Gasteiger partial charge in [0, 0.05) is 12.1 Å². The molecule has 7 heteroatoms. The molecule has 4 rings (SSSR count). The molecule has 1 aromatic heterocycles. The average Bonchev–Trinajstić information content (AvgIpc) is 3.26. The van der Waals surface area contributed by atoms with Crippen LogP contribution in [-0.2, 0) is 16.0 Å². The Morgan fingerprint density at radius 3 is 2.24 bits per heavy atom. The fourth-order valence-electron chi connectivity index (χ4n) is 4.29. The van der Waals surface area contributed by atoms with Crippen molar-refractivity contribution in [3.63, 3.8) is 0 Å². The van der Waals surface area contributed by atoms with E-state index in [1.54, 1.807) is 0 Å². The molecule has 0 aliphatic carbocycles. The minimum Gasteiger partial charge on any atom is -0.465 e. The number of benzene rings is 2. The van der Waals surface area contributed by atoms with E-state index < -0.39 is 11.9 Å². The zero-order chi connectivity index (χ0) is 23.4. The number of aromatic nitrogens is 2. The van der Waals surface area contributed by atoms with Gasteiger partial charge in [0.25, 0.3) is 0 Å². The number of likely N-dealkylation sites (tertiary alicyclic amines) is 1. The molecule has 33 heavy (non-hydrogen) atoms. The fourth-order valence-corrected chi connectivity index (χ4v) is 4.29. The maximum atomic E-state index is 12.9. The summed E-state index contributed by atoms with van der Waals surface area (Å²) >= 11 is 0. The molecule has 0 radical (unpaired) electrons. The molecule has 172 valence electrons. The lowest BCUT2D eigenvalue weighted by Gasteiger charge is -2.30. The summed E-state index contributed by atoms with van der Waals surface area (Å²) in [7, 11) is 2.59. The second-order valence-corrected chi connectivity index (χ2v) is 8.42. The van der Waals surface area contributed by atoms with Crippen molar-refractivity contribution >= 4 is 11.9 Å². The number of carbonyl (C=O) groups is 2. The lowest BCUT2D eigenvalue weighted by molar-refractivity contribution is 0.0549. The zero-order valence-corrected chi connectivity index (χ0v) is 19.3. The molecule has 2 heterocycles. The first-order valence-corrected chi connectivity index (χ1v) is 11.2. The predicted molar refractivity (Wildman–Crippen MR) is 125 cm³/mol. The Morgan fingerprint density at radius 2 is 1.58 bits per heavy atom. The first-order valence-electron chi connectivity index (χ1n) is 11.2. The van der Waals surface area contributed by atoms with E-state index in [0.29, 0.717) is 11.4 Å². The van der Waals surface area contributed by atoms with Crippen LogP contribution in [0.15, 0.2) is 54.6 Å². The molecule has 0 atom stereocenters. The smallest absolute Gasteiger partial charge is 0.357 e. The summed E-state index contributed by atoms with van der Waals surface area (Å²) in [6.45, 7) is 5.10. The normalized spacial score (nSPS) is 14.8. The number of ether oxygens (including phenoxy) is 2. The number of hydrogen-bond acceptors (Lipinski definition) is 6. The molecule has 1 aliphatic heterocycles. The van der Waals surface area contributed by atoms with Crippen LogP contribution < -0.4 is 0 Å². The molecular formula is C26H29N3O4. The maximum Gasteiger partial charge on any atom is 0.357 e. The Bertz CT molecular complexity index is 1130. The molecule has 3 aromatic rings. The summed E-state index contributed by atoms with van der Waals surface area (Å²) in [5, 5.41) is 4.75. The van der Waals surface area contributed by atoms with Crippen molar-refractivity contribution < 1.29 is 19.1 Å². The van der Waals surface area contributed by atoms with Crippen molar-refractivity contribution in [3.8, 4) is 16.9 Å². The molecule has 0 bridgehead atoms. The van der Waals surface area contributed by atoms with E-state index in [9.17, 15) is 9.59 Å². The number of para-hydroxylation sites is 1. The summed E-state index contributed by atoms with van der Waals surface area (Å²) in [6.07, 6.45) is 2.34. The average molecular weight is 448 g/mol. The van der Waals surface area contributed by atoms with Gasteiger partial charge in [0.1, 0.15) is 11.3 Å². The van der Waals surface area contributed by atoms with Crippen LogP contribution in [-0.4, -0.2) is 53.9 Å². The van der Waals surface area contributed by atoms with Gasteiger partial charge >= 0.3 is 11.9 Å². The fraction of sp³-hybridized carbons (Fsp3) is 0.346. The third kappa shape index (κ3) is 4.68. The summed E-state index contributed by atoms with van der Waals surface area (Å²) in [6, 6.07) is 17.1. The Balaban J connectivity index is 1.87. The van der Waals surface area contributed by atoms with E-state index in [0.717, 1.165) is 36.7 Å². The SMILES string of the molecule is COC(=O)c1c(-c2ccccc2CN2CCC(C)CC2)nn(-c2ccccc2)c1C(=O)OC. The van der Waals surface area contributed by atoms with Crippen molar-refractivity contribution in [2.24, 2.45) is 5.92 Å². The Labute approximate surface area is 193 Å². The van der Waals surface area contributed by atoms with Crippen LogP contribution in [0.4, 0.5) is 0 Å². The van der Waals surface area contributed by atoms with E-state index in [4.69, 9.17) is 14.6 Å². The van der Waals surface area contributed by atoms with Crippen LogP contribution in [0.3, 0.4) is 0 Å². The van der Waals surface area contributed by atoms with Gasteiger partial charge in [0.15, 0.2) is 5.69 Å². The Hall–Kier alpha value is -3.45. The molecule has 7 nitrogen and oxygen atoms in total. The first kappa shape index (κ1) is 22.7. The van der Waals surface area contributed by atoms with Crippen molar-refractivity contribution in [1.29, 1.82) is 0 Å². The molecule has 1 aliphatic rings.